The largest absolute Gasteiger partial charge is 0.466 e. The van der Waals surface area contributed by atoms with Gasteiger partial charge in [-0.3, -0.25) is 9.59 Å². The van der Waals surface area contributed by atoms with Gasteiger partial charge in [-0.25, -0.2) is 0 Å². The van der Waals surface area contributed by atoms with E-state index in [2.05, 4.69) is 0 Å². The van der Waals surface area contributed by atoms with Crippen LogP contribution in [0.3, 0.4) is 0 Å². The summed E-state index contributed by atoms with van der Waals surface area (Å²) in [5.74, 6) is 0.251. The molecule has 0 unspecified atom stereocenters. The van der Waals surface area contributed by atoms with E-state index in [9.17, 15) is 9.59 Å². The zero-order chi connectivity index (χ0) is 13.3. The Bertz CT molecular complexity index is 239. The van der Waals surface area contributed by atoms with Gasteiger partial charge in [-0.1, -0.05) is 20.8 Å². The highest BCUT2D eigenvalue weighted by Gasteiger charge is 2.15. The van der Waals surface area contributed by atoms with Gasteiger partial charge < -0.3 is 9.64 Å². The van der Waals surface area contributed by atoms with Crippen LogP contribution in [0.2, 0.25) is 0 Å². The lowest BCUT2D eigenvalue weighted by Crippen LogP contribution is -2.34. The lowest BCUT2D eigenvalue weighted by molar-refractivity contribution is -0.144. The van der Waals surface area contributed by atoms with Gasteiger partial charge in [0.15, 0.2) is 0 Å². The highest BCUT2D eigenvalue weighted by atomic mass is 16.5. The fourth-order valence-electron chi connectivity index (χ4n) is 1.57. The molecule has 0 aromatic heterocycles. The average molecular weight is 243 g/mol. The molecule has 0 aliphatic carbocycles. The third-order valence-corrected chi connectivity index (χ3v) is 2.32. The first-order chi connectivity index (χ1) is 8.01. The number of rotatable bonds is 8. The maximum absolute atomic E-state index is 11.9. The molecule has 100 valence electrons. The Morgan fingerprint density at radius 3 is 2.29 bits per heavy atom. The molecule has 4 heteroatoms. The molecule has 0 saturated heterocycles. The van der Waals surface area contributed by atoms with Gasteiger partial charge in [0.05, 0.1) is 13.0 Å². The van der Waals surface area contributed by atoms with Crippen molar-refractivity contribution >= 4 is 11.9 Å². The van der Waals surface area contributed by atoms with E-state index >= 15 is 0 Å². The van der Waals surface area contributed by atoms with Crippen LogP contribution in [0.15, 0.2) is 0 Å². The molecule has 0 aliphatic rings. The predicted molar refractivity (Wildman–Crippen MR) is 67.6 cm³/mol. The van der Waals surface area contributed by atoms with Crippen LogP contribution in [-0.2, 0) is 14.3 Å². The van der Waals surface area contributed by atoms with E-state index in [1.165, 1.54) is 0 Å². The quantitative estimate of drug-likeness (QED) is 0.614. The van der Waals surface area contributed by atoms with Crippen LogP contribution in [0.5, 0.6) is 0 Å². The van der Waals surface area contributed by atoms with E-state index in [1.807, 2.05) is 20.8 Å². The van der Waals surface area contributed by atoms with Gasteiger partial charge in [-0.05, 0) is 19.3 Å². The Labute approximate surface area is 104 Å². The Balaban J connectivity index is 4.13. The third-order valence-electron chi connectivity index (χ3n) is 2.32. The van der Waals surface area contributed by atoms with Gasteiger partial charge in [0.1, 0.15) is 0 Å². The molecule has 0 N–H and O–H groups in total. The predicted octanol–water partition coefficient (Wildman–Crippen LogP) is 2.22. The molecule has 0 atom stereocenters. The lowest BCUT2D eigenvalue weighted by Gasteiger charge is -2.22. The van der Waals surface area contributed by atoms with E-state index < -0.39 is 0 Å². The minimum Gasteiger partial charge on any atom is -0.466 e. The maximum Gasteiger partial charge on any atom is 0.307 e. The zero-order valence-corrected chi connectivity index (χ0v) is 11.5. The molecule has 0 radical (unpaired) electrons. The van der Waals surface area contributed by atoms with Crippen molar-refractivity contribution in [1.82, 2.24) is 4.90 Å². The lowest BCUT2D eigenvalue weighted by atomic mass is 10.1. The van der Waals surface area contributed by atoms with E-state index in [4.69, 9.17) is 4.74 Å². The topological polar surface area (TPSA) is 46.6 Å². The SMILES string of the molecule is CCCN(CCC(=O)OCC)C(=O)CC(C)C. The summed E-state index contributed by atoms with van der Waals surface area (Å²) < 4.78 is 4.85. The zero-order valence-electron chi connectivity index (χ0n) is 11.5. The molecule has 0 saturated carbocycles. The first-order valence-electron chi connectivity index (χ1n) is 6.44. The molecular formula is C13H25NO3. The highest BCUT2D eigenvalue weighted by molar-refractivity contribution is 5.77. The van der Waals surface area contributed by atoms with Crippen LogP contribution in [0.25, 0.3) is 0 Å². The van der Waals surface area contributed by atoms with Crippen molar-refractivity contribution < 1.29 is 14.3 Å². The van der Waals surface area contributed by atoms with Crippen LogP contribution in [0, 0.1) is 5.92 Å². The molecule has 0 fully saturated rings. The van der Waals surface area contributed by atoms with E-state index in [-0.39, 0.29) is 18.3 Å². The molecule has 0 heterocycles. The second kappa shape index (κ2) is 9.02. The summed E-state index contributed by atoms with van der Waals surface area (Å²) in [4.78, 5) is 24.9. The van der Waals surface area contributed by atoms with Crippen LogP contribution < -0.4 is 0 Å². The molecule has 0 rings (SSSR count). The van der Waals surface area contributed by atoms with Gasteiger partial charge in [-0.2, -0.15) is 0 Å². The molecule has 0 aromatic carbocycles. The monoisotopic (exact) mass is 243 g/mol. The maximum atomic E-state index is 11.9. The molecule has 0 spiro atoms. The van der Waals surface area contributed by atoms with Crippen LogP contribution in [0.1, 0.15) is 47.0 Å². The highest BCUT2D eigenvalue weighted by Crippen LogP contribution is 2.06. The Kier molecular flexibility index (Phi) is 8.46. The number of hydrogen-bond acceptors (Lipinski definition) is 3. The number of carbonyl (C=O) groups excluding carboxylic acids is 2. The van der Waals surface area contributed by atoms with Gasteiger partial charge in [-0.15, -0.1) is 0 Å². The minimum absolute atomic E-state index is 0.131. The van der Waals surface area contributed by atoms with Gasteiger partial charge in [0.2, 0.25) is 5.91 Å². The molecular weight excluding hydrogens is 218 g/mol. The number of ether oxygens (including phenoxy) is 1. The first-order valence-corrected chi connectivity index (χ1v) is 6.44. The van der Waals surface area contributed by atoms with Crippen molar-refractivity contribution in [3.8, 4) is 0 Å². The van der Waals surface area contributed by atoms with E-state index in [0.29, 0.717) is 32.0 Å². The van der Waals surface area contributed by atoms with E-state index in [0.717, 1.165) is 6.42 Å². The molecule has 0 aromatic rings. The van der Waals surface area contributed by atoms with E-state index in [1.54, 1.807) is 11.8 Å². The van der Waals surface area contributed by atoms with Crippen molar-refractivity contribution in [2.75, 3.05) is 19.7 Å². The summed E-state index contributed by atoms with van der Waals surface area (Å²) in [6.45, 7) is 9.43. The smallest absolute Gasteiger partial charge is 0.307 e. The third kappa shape index (κ3) is 7.77. The Morgan fingerprint density at radius 1 is 1.18 bits per heavy atom. The fraction of sp³-hybridized carbons (Fsp3) is 0.846. The van der Waals surface area contributed by atoms with Crippen molar-refractivity contribution in [3.63, 3.8) is 0 Å². The molecule has 17 heavy (non-hydrogen) atoms. The molecule has 1 amide bonds. The molecule has 4 nitrogen and oxygen atoms in total. The number of hydrogen-bond donors (Lipinski definition) is 0. The van der Waals surface area contributed by atoms with Crippen molar-refractivity contribution in [3.05, 3.63) is 0 Å². The summed E-state index contributed by atoms with van der Waals surface area (Å²) in [6.07, 6.45) is 1.74. The summed E-state index contributed by atoms with van der Waals surface area (Å²) in [6, 6.07) is 0. The molecule has 0 bridgehead atoms. The van der Waals surface area contributed by atoms with Crippen LogP contribution in [0.4, 0.5) is 0 Å². The average Bonchev–Trinajstić information content (AvgIpc) is 2.23. The minimum atomic E-state index is -0.231. The summed E-state index contributed by atoms with van der Waals surface area (Å²) in [5, 5.41) is 0. The first kappa shape index (κ1) is 15.9. The van der Waals surface area contributed by atoms with Crippen molar-refractivity contribution in [1.29, 1.82) is 0 Å². The van der Waals surface area contributed by atoms with Gasteiger partial charge in [0, 0.05) is 19.5 Å². The summed E-state index contributed by atoms with van der Waals surface area (Å²) in [5.41, 5.74) is 0. The molecule has 0 aliphatic heterocycles. The number of nitrogens with zero attached hydrogens (tertiary/aromatic N) is 1. The second-order valence-corrected chi connectivity index (χ2v) is 4.53. The number of amides is 1. The standard InChI is InChI=1S/C13H25NO3/c1-5-8-14(12(15)10-11(3)4)9-7-13(16)17-6-2/h11H,5-10H2,1-4H3. The number of carbonyl (C=O) groups is 2. The second-order valence-electron chi connectivity index (χ2n) is 4.53. The Morgan fingerprint density at radius 2 is 1.82 bits per heavy atom. The van der Waals surface area contributed by atoms with Crippen molar-refractivity contribution in [2.45, 2.75) is 47.0 Å². The summed E-state index contributed by atoms with van der Waals surface area (Å²) >= 11 is 0. The van der Waals surface area contributed by atoms with Crippen molar-refractivity contribution in [2.24, 2.45) is 5.92 Å². The van der Waals surface area contributed by atoms with Gasteiger partial charge in [0.25, 0.3) is 0 Å². The van der Waals surface area contributed by atoms with Gasteiger partial charge >= 0.3 is 5.97 Å². The Hall–Kier alpha value is -1.06. The summed E-state index contributed by atoms with van der Waals surface area (Å²) in [7, 11) is 0. The number of esters is 1. The fourth-order valence-corrected chi connectivity index (χ4v) is 1.57. The van der Waals surface area contributed by atoms with Crippen LogP contribution in [-0.4, -0.2) is 36.5 Å². The van der Waals surface area contributed by atoms with Crippen LogP contribution >= 0.6 is 0 Å². The normalized spacial score (nSPS) is 10.4.